The zero-order valence-corrected chi connectivity index (χ0v) is 81.7. The normalized spacial score (nSPS) is 12.9. The Morgan fingerprint density at radius 1 is 0.287 bits per heavy atom. The highest BCUT2D eigenvalue weighted by molar-refractivity contribution is 6.01. The quantitative estimate of drug-likeness (QED) is 0.0220. The summed E-state index contributed by atoms with van der Waals surface area (Å²) in [6.45, 7) is 24.5. The van der Waals surface area contributed by atoms with Crippen LogP contribution in [0.3, 0.4) is 0 Å². The van der Waals surface area contributed by atoms with Crippen LogP contribution in [0.25, 0.3) is 0 Å². The Hall–Kier alpha value is -6.74. The molecule has 0 saturated carbocycles. The highest BCUT2D eigenvalue weighted by Gasteiger charge is 2.34. The van der Waals surface area contributed by atoms with E-state index in [-0.39, 0.29) is 204 Å². The molecule has 1 aliphatic rings. The summed E-state index contributed by atoms with van der Waals surface area (Å²) in [6.07, 6.45) is 41.6. The van der Waals surface area contributed by atoms with Gasteiger partial charge in [-0.1, -0.05) is 180 Å². The molecule has 3 N–H and O–H groups in total. The Morgan fingerprint density at radius 2 is 0.543 bits per heavy atom. The third kappa shape index (κ3) is 85.2. The fraction of sp³-hybridized carbons (Fsp3) is 0.857. The minimum absolute atomic E-state index is 0.0121. The van der Waals surface area contributed by atoms with Crippen molar-refractivity contribution in [1.29, 1.82) is 0 Å². The Kier molecular flexibility index (Phi) is 74.6. The smallest absolute Gasteiger partial charge is 0.358 e. The van der Waals surface area contributed by atoms with Crippen LogP contribution in [-0.2, 0) is 129 Å². The number of carbonyl (C=O) groups excluding carboxylic acids is 13. The number of hydrogen-bond donors (Lipinski definition) is 3. The van der Waals surface area contributed by atoms with Gasteiger partial charge in [-0.15, -0.1) is 5.06 Å². The first-order valence-corrected chi connectivity index (χ1v) is 48.7. The Labute approximate surface area is 772 Å². The molecule has 31 heteroatoms. The van der Waals surface area contributed by atoms with Crippen molar-refractivity contribution in [1.82, 2.24) is 15.7 Å². The van der Waals surface area contributed by atoms with Crippen molar-refractivity contribution in [2.24, 2.45) is 11.8 Å². The average molecular weight is 1840 g/mol. The molecule has 0 aromatic rings. The molecule has 0 radical (unpaired) electrons. The van der Waals surface area contributed by atoms with E-state index in [1.807, 2.05) is 41.5 Å². The van der Waals surface area contributed by atoms with Crippen molar-refractivity contribution in [2.75, 3.05) is 119 Å². The number of carbonyl (C=O) groups is 14. The third-order valence-corrected chi connectivity index (χ3v) is 20.2. The van der Waals surface area contributed by atoms with E-state index in [1.54, 1.807) is 41.5 Å². The first kappa shape index (κ1) is 122. The predicted molar refractivity (Wildman–Crippen MR) is 490 cm³/mol. The molecule has 748 valence electrons. The maximum Gasteiger partial charge on any atom is 0.358 e. The molecule has 129 heavy (non-hydrogen) atoms. The highest BCUT2D eigenvalue weighted by Crippen LogP contribution is 2.25. The topological polar surface area (TPSA) is 406 Å². The Bertz CT molecular complexity index is 3030. The van der Waals surface area contributed by atoms with Crippen LogP contribution in [0, 0.1) is 11.8 Å². The molecule has 0 aromatic carbocycles. The van der Waals surface area contributed by atoms with Crippen LogP contribution < -0.4 is 10.6 Å². The number of hydrogen-bond acceptors (Lipinski definition) is 27. The van der Waals surface area contributed by atoms with E-state index in [1.165, 1.54) is 141 Å². The van der Waals surface area contributed by atoms with Gasteiger partial charge in [-0.2, -0.15) is 0 Å². The number of aliphatic carboxylic acids is 1. The number of rotatable bonds is 85. The number of ketones is 4. The molecule has 2 atom stereocenters. The number of amides is 4. The third-order valence-electron chi connectivity index (χ3n) is 20.2. The van der Waals surface area contributed by atoms with Gasteiger partial charge in [0.2, 0.25) is 11.8 Å². The lowest BCUT2D eigenvalue weighted by molar-refractivity contribution is -0.200. The van der Waals surface area contributed by atoms with Gasteiger partial charge in [-0.05, 0) is 134 Å². The number of carboxylic acids is 1. The summed E-state index contributed by atoms with van der Waals surface area (Å²) in [4.78, 5) is 174. The zero-order chi connectivity index (χ0) is 96.1. The predicted octanol–water partition coefficient (Wildman–Crippen LogP) is 16.8. The van der Waals surface area contributed by atoms with Crippen molar-refractivity contribution >= 4 is 82.6 Å². The maximum absolute atomic E-state index is 13.0. The standard InChI is InChI=1S/C51H88N2O15.C47H85NO13/c1-50(2,3)66-47(59)26-22-20-18-16-14-12-10-8-7-9-11-13-15-17-19-21-24-42(54)38-41(49(61)67-51(4,5)6)27-28-44(56)52-31-33-63-35-36-64-39-43(55)25-23-32-62-34-37-65-40-48(60)68-53-45(57)29-30-46(53)58;1-46(2,3)60-44(54)26-22-20-18-16-14-12-10-8-7-9-11-13-15-17-19-21-24-40(49)36-39(45(55)61-47(4,5)6)27-28-42(51)48-29-31-57-33-34-58-37-41(50)25-23-30-56-32-35-59-38-43(52)53/h41H,7-40H2,1-6H3,(H,52,56);39H,7-38H2,1-6H3,(H,48,51)(H,52,53)/t41-;39-/m11/s1. The van der Waals surface area contributed by atoms with Gasteiger partial charge < -0.3 is 77.4 Å². The maximum atomic E-state index is 13.0. The van der Waals surface area contributed by atoms with Gasteiger partial charge in [0.25, 0.3) is 11.8 Å². The summed E-state index contributed by atoms with van der Waals surface area (Å²) in [7, 11) is 0. The molecule has 1 fully saturated rings. The molecular weight excluding hydrogens is 1670 g/mol. The van der Waals surface area contributed by atoms with Crippen LogP contribution in [0.5, 0.6) is 0 Å². The van der Waals surface area contributed by atoms with Gasteiger partial charge >= 0.3 is 35.8 Å². The molecule has 1 aliphatic heterocycles. The average Bonchev–Trinajstić information content (AvgIpc) is 1.71. The fourth-order valence-corrected chi connectivity index (χ4v) is 13.6. The van der Waals surface area contributed by atoms with Gasteiger partial charge in [0.1, 0.15) is 60.4 Å². The van der Waals surface area contributed by atoms with Crippen LogP contribution in [0.2, 0.25) is 0 Å². The summed E-state index contributed by atoms with van der Waals surface area (Å²) < 4.78 is 64.2. The second-order valence-electron chi connectivity index (χ2n) is 37.6. The molecule has 0 unspecified atom stereocenters. The minimum Gasteiger partial charge on any atom is -0.480 e. The van der Waals surface area contributed by atoms with Crippen molar-refractivity contribution in [3.63, 3.8) is 0 Å². The fourth-order valence-electron chi connectivity index (χ4n) is 13.6. The van der Waals surface area contributed by atoms with Crippen LogP contribution in [0.1, 0.15) is 391 Å². The van der Waals surface area contributed by atoms with E-state index < -0.39 is 76.5 Å². The molecule has 1 heterocycles. The van der Waals surface area contributed by atoms with Crippen LogP contribution in [0.15, 0.2) is 0 Å². The lowest BCUT2D eigenvalue weighted by Gasteiger charge is -2.23. The van der Waals surface area contributed by atoms with E-state index in [0.29, 0.717) is 63.2 Å². The number of nitrogens with zero attached hydrogens (tertiary/aromatic N) is 1. The van der Waals surface area contributed by atoms with Crippen molar-refractivity contribution in [3.8, 4) is 0 Å². The molecule has 1 rings (SSSR count). The Morgan fingerprint density at radius 3 is 0.837 bits per heavy atom. The summed E-state index contributed by atoms with van der Waals surface area (Å²) in [5, 5.41) is 14.5. The van der Waals surface area contributed by atoms with Crippen LogP contribution >= 0.6 is 0 Å². The number of carboxylic acid groups (broad SMARTS) is 1. The van der Waals surface area contributed by atoms with Gasteiger partial charge in [0.15, 0.2) is 11.6 Å². The van der Waals surface area contributed by atoms with E-state index >= 15 is 0 Å². The van der Waals surface area contributed by atoms with E-state index in [9.17, 15) is 67.1 Å². The molecule has 0 bridgehead atoms. The van der Waals surface area contributed by atoms with E-state index in [4.69, 9.17) is 66.8 Å². The summed E-state index contributed by atoms with van der Waals surface area (Å²) in [5.41, 5.74) is -2.20. The molecule has 4 amide bonds. The van der Waals surface area contributed by atoms with Gasteiger partial charge in [-0.3, -0.25) is 57.5 Å². The molecule has 0 spiro atoms. The van der Waals surface area contributed by atoms with E-state index in [0.717, 1.165) is 64.2 Å². The number of hydroxylamine groups is 2. The first-order valence-electron chi connectivity index (χ1n) is 48.7. The largest absolute Gasteiger partial charge is 0.480 e. The van der Waals surface area contributed by atoms with Crippen molar-refractivity contribution in [2.45, 2.75) is 414 Å². The highest BCUT2D eigenvalue weighted by atomic mass is 16.7. The van der Waals surface area contributed by atoms with Crippen LogP contribution in [0.4, 0.5) is 0 Å². The lowest BCUT2D eigenvalue weighted by Crippen LogP contribution is -2.33. The second-order valence-corrected chi connectivity index (χ2v) is 37.6. The minimum atomic E-state index is -1.04. The number of ether oxygens (including phenoxy) is 12. The van der Waals surface area contributed by atoms with Gasteiger partial charge in [0.05, 0.1) is 77.9 Å². The zero-order valence-electron chi connectivity index (χ0n) is 81.7. The summed E-state index contributed by atoms with van der Waals surface area (Å²) in [5.74, 6) is -6.08. The monoisotopic (exact) mass is 1840 g/mol. The number of Topliss-reactive ketones (excluding diaryl/α,β-unsaturated/α-hetero) is 4. The number of nitrogens with one attached hydrogen (secondary N) is 2. The molecule has 1 saturated heterocycles. The van der Waals surface area contributed by atoms with Crippen LogP contribution in [-0.4, -0.2) is 234 Å². The molecule has 31 nitrogen and oxygen atoms in total. The first-order chi connectivity index (χ1) is 61.3. The second kappa shape index (κ2) is 78.7. The van der Waals surface area contributed by atoms with Crippen molar-refractivity contribution < 1.29 is 134 Å². The molecular formula is C98H173N3O28. The summed E-state index contributed by atoms with van der Waals surface area (Å²) >= 11 is 0. The molecule has 0 aromatic heterocycles. The van der Waals surface area contributed by atoms with E-state index in [2.05, 4.69) is 10.6 Å². The summed E-state index contributed by atoms with van der Waals surface area (Å²) in [6, 6.07) is 0. The van der Waals surface area contributed by atoms with Gasteiger partial charge in [-0.25, -0.2) is 9.59 Å². The Balaban J connectivity index is 0.00000256. The lowest BCUT2D eigenvalue weighted by atomic mass is 9.94. The number of unbranched alkanes of at least 4 members (excludes halogenated alkanes) is 30. The number of imide groups is 1. The SMILES string of the molecule is CC(C)(C)OC(=O)CCCCCCCCCCCCCCCCCCC(=O)C[C@@H](CCC(=O)NCCOCCOCC(=O)CCCOCCOCC(=O)O)C(=O)OC(C)(C)C.CC(C)(C)OC(=O)CCCCCCCCCCCCCCCCCCC(=O)C[C@@H](CCC(=O)NCCOCCOCC(=O)CCCOCCOCC(=O)ON1C(=O)CCC1=O)C(=O)OC(C)(C)C. The molecule has 0 aliphatic carbocycles. The number of esters is 4. The van der Waals surface area contributed by atoms with Crippen molar-refractivity contribution in [3.05, 3.63) is 0 Å². The van der Waals surface area contributed by atoms with Gasteiger partial charge in [0, 0.05) is 103 Å².